The van der Waals surface area contributed by atoms with E-state index in [-0.39, 0.29) is 0 Å². The van der Waals surface area contributed by atoms with Crippen molar-refractivity contribution in [3.63, 3.8) is 0 Å². The Morgan fingerprint density at radius 3 is 2.95 bits per heavy atom. The van der Waals surface area contributed by atoms with Crippen LogP contribution in [-0.2, 0) is 6.54 Å². The number of rotatable bonds is 5. The van der Waals surface area contributed by atoms with E-state index in [1.54, 1.807) is 23.1 Å². The molecule has 2 nitrogen and oxygen atoms in total. The van der Waals surface area contributed by atoms with E-state index in [4.69, 9.17) is 0 Å². The SMILES string of the molecule is N#Cc1cc(CNC2CC2)ccc1Sc1cccs1. The molecule has 0 amide bonds. The van der Waals surface area contributed by atoms with Crippen LogP contribution in [0.1, 0.15) is 24.0 Å². The molecule has 1 aromatic carbocycles. The van der Waals surface area contributed by atoms with Gasteiger partial charge in [-0.05, 0) is 42.0 Å². The van der Waals surface area contributed by atoms with Crippen LogP contribution in [-0.4, -0.2) is 6.04 Å². The minimum Gasteiger partial charge on any atom is -0.310 e. The lowest BCUT2D eigenvalue weighted by Gasteiger charge is -2.06. The van der Waals surface area contributed by atoms with Gasteiger partial charge in [0, 0.05) is 17.5 Å². The molecule has 1 saturated carbocycles. The number of thiophene rings is 1. The van der Waals surface area contributed by atoms with Gasteiger partial charge in [-0.3, -0.25) is 0 Å². The van der Waals surface area contributed by atoms with E-state index in [0.29, 0.717) is 6.04 Å². The maximum Gasteiger partial charge on any atom is 0.100 e. The van der Waals surface area contributed by atoms with Gasteiger partial charge in [0.1, 0.15) is 6.07 Å². The van der Waals surface area contributed by atoms with Gasteiger partial charge in [-0.15, -0.1) is 11.3 Å². The quantitative estimate of drug-likeness (QED) is 0.901. The van der Waals surface area contributed by atoms with Crippen LogP contribution in [0, 0.1) is 11.3 Å². The highest BCUT2D eigenvalue weighted by atomic mass is 32.2. The lowest BCUT2D eigenvalue weighted by Crippen LogP contribution is -2.15. The molecule has 1 aliphatic carbocycles. The molecule has 1 aromatic heterocycles. The van der Waals surface area contributed by atoms with Crippen LogP contribution in [0.2, 0.25) is 0 Å². The fourth-order valence-electron chi connectivity index (χ4n) is 1.84. The zero-order chi connectivity index (χ0) is 13.1. The van der Waals surface area contributed by atoms with E-state index in [2.05, 4.69) is 35.0 Å². The molecule has 3 rings (SSSR count). The molecule has 2 aromatic rings. The summed E-state index contributed by atoms with van der Waals surface area (Å²) in [5, 5.41) is 14.8. The van der Waals surface area contributed by atoms with Crippen molar-refractivity contribution in [3.05, 3.63) is 46.8 Å². The molecule has 1 fully saturated rings. The topological polar surface area (TPSA) is 35.8 Å². The average molecular weight is 286 g/mol. The van der Waals surface area contributed by atoms with Gasteiger partial charge in [0.15, 0.2) is 0 Å². The van der Waals surface area contributed by atoms with Gasteiger partial charge in [-0.1, -0.05) is 23.9 Å². The van der Waals surface area contributed by atoms with Crippen molar-refractivity contribution in [1.82, 2.24) is 5.32 Å². The number of hydrogen-bond acceptors (Lipinski definition) is 4. The zero-order valence-corrected chi connectivity index (χ0v) is 12.1. The van der Waals surface area contributed by atoms with Crippen LogP contribution >= 0.6 is 23.1 Å². The molecular formula is C15H14N2S2. The summed E-state index contributed by atoms with van der Waals surface area (Å²) in [4.78, 5) is 1.04. The van der Waals surface area contributed by atoms with E-state index in [1.807, 2.05) is 12.1 Å². The van der Waals surface area contributed by atoms with Crippen molar-refractivity contribution >= 4 is 23.1 Å². The van der Waals surface area contributed by atoms with E-state index in [0.717, 1.165) is 17.0 Å². The molecule has 96 valence electrons. The summed E-state index contributed by atoms with van der Waals surface area (Å²) in [5.74, 6) is 0. The number of nitrogens with one attached hydrogen (secondary N) is 1. The second kappa shape index (κ2) is 5.79. The molecule has 0 unspecified atom stereocenters. The maximum atomic E-state index is 9.28. The fraction of sp³-hybridized carbons (Fsp3) is 0.267. The third kappa shape index (κ3) is 3.38. The van der Waals surface area contributed by atoms with Gasteiger partial charge in [0.2, 0.25) is 0 Å². The molecule has 0 saturated heterocycles. The largest absolute Gasteiger partial charge is 0.310 e. The Kier molecular flexibility index (Phi) is 3.88. The fourth-order valence-corrected chi connectivity index (χ4v) is 3.63. The smallest absolute Gasteiger partial charge is 0.100 e. The van der Waals surface area contributed by atoms with Gasteiger partial charge in [0.25, 0.3) is 0 Å². The molecule has 1 aliphatic rings. The summed E-state index contributed by atoms with van der Waals surface area (Å²) in [5.41, 5.74) is 1.97. The first-order chi connectivity index (χ1) is 9.35. The first-order valence-corrected chi connectivity index (χ1v) is 8.02. The average Bonchev–Trinajstić information content (AvgIpc) is 3.13. The Labute approximate surface area is 121 Å². The van der Waals surface area contributed by atoms with Crippen molar-refractivity contribution < 1.29 is 0 Å². The molecule has 19 heavy (non-hydrogen) atoms. The Morgan fingerprint density at radius 2 is 2.26 bits per heavy atom. The van der Waals surface area contributed by atoms with E-state index < -0.39 is 0 Å². The van der Waals surface area contributed by atoms with E-state index >= 15 is 0 Å². The third-order valence-corrected chi connectivity index (χ3v) is 5.16. The molecule has 1 heterocycles. The highest BCUT2D eigenvalue weighted by Gasteiger charge is 2.20. The number of nitrogens with zero attached hydrogens (tertiary/aromatic N) is 1. The van der Waals surface area contributed by atoms with Gasteiger partial charge in [-0.25, -0.2) is 0 Å². The summed E-state index contributed by atoms with van der Waals surface area (Å²) in [7, 11) is 0. The molecule has 4 heteroatoms. The summed E-state index contributed by atoms with van der Waals surface area (Å²) in [6, 6.07) is 13.3. The summed E-state index contributed by atoms with van der Waals surface area (Å²) < 4.78 is 1.22. The second-order valence-electron chi connectivity index (χ2n) is 4.63. The third-order valence-electron chi connectivity index (χ3n) is 3.04. The summed E-state index contributed by atoms with van der Waals surface area (Å²) in [6.07, 6.45) is 2.58. The summed E-state index contributed by atoms with van der Waals surface area (Å²) >= 11 is 3.37. The number of benzene rings is 1. The number of nitriles is 1. The molecule has 0 bridgehead atoms. The molecule has 0 radical (unpaired) electrons. The molecular weight excluding hydrogens is 272 g/mol. The van der Waals surface area contributed by atoms with Crippen molar-refractivity contribution in [3.8, 4) is 6.07 Å². The van der Waals surface area contributed by atoms with Crippen LogP contribution in [0.5, 0.6) is 0 Å². The standard InChI is InChI=1S/C15H14N2S2/c16-9-12-8-11(10-17-13-4-5-13)3-6-14(12)19-15-2-1-7-18-15/h1-3,6-8,13,17H,4-5,10H2. The van der Waals surface area contributed by atoms with Crippen LogP contribution in [0.3, 0.4) is 0 Å². The zero-order valence-electron chi connectivity index (χ0n) is 10.4. The van der Waals surface area contributed by atoms with Crippen molar-refractivity contribution in [1.29, 1.82) is 5.26 Å². The van der Waals surface area contributed by atoms with Crippen LogP contribution < -0.4 is 5.32 Å². The molecule has 1 N–H and O–H groups in total. The lowest BCUT2D eigenvalue weighted by molar-refractivity contribution is 0.687. The van der Waals surface area contributed by atoms with E-state index in [9.17, 15) is 5.26 Å². The summed E-state index contributed by atoms with van der Waals surface area (Å²) in [6.45, 7) is 0.864. The van der Waals surface area contributed by atoms with Crippen molar-refractivity contribution in [2.75, 3.05) is 0 Å². The Morgan fingerprint density at radius 1 is 1.37 bits per heavy atom. The first-order valence-electron chi connectivity index (χ1n) is 6.33. The predicted molar refractivity (Wildman–Crippen MR) is 79.5 cm³/mol. The highest BCUT2D eigenvalue weighted by molar-refractivity contribution is 8.01. The monoisotopic (exact) mass is 286 g/mol. The molecule has 0 aliphatic heterocycles. The maximum absolute atomic E-state index is 9.28. The highest BCUT2D eigenvalue weighted by Crippen LogP contribution is 2.33. The normalized spacial score (nSPS) is 14.3. The van der Waals surface area contributed by atoms with Gasteiger partial charge in [0.05, 0.1) is 9.77 Å². The number of hydrogen-bond donors (Lipinski definition) is 1. The Bertz CT molecular complexity index is 595. The van der Waals surface area contributed by atoms with Crippen LogP contribution in [0.15, 0.2) is 44.8 Å². The predicted octanol–water partition coefficient (Wildman–Crippen LogP) is 4.02. The van der Waals surface area contributed by atoms with Gasteiger partial charge < -0.3 is 5.32 Å². The van der Waals surface area contributed by atoms with Crippen LogP contribution in [0.4, 0.5) is 0 Å². The van der Waals surface area contributed by atoms with Crippen molar-refractivity contribution in [2.45, 2.75) is 34.5 Å². The van der Waals surface area contributed by atoms with Gasteiger partial charge >= 0.3 is 0 Å². The second-order valence-corrected chi connectivity index (χ2v) is 6.92. The molecule has 0 spiro atoms. The minimum absolute atomic E-state index is 0.700. The minimum atomic E-state index is 0.700. The van der Waals surface area contributed by atoms with Crippen molar-refractivity contribution in [2.24, 2.45) is 0 Å². The first kappa shape index (κ1) is 12.7. The lowest BCUT2D eigenvalue weighted by atomic mass is 10.1. The Hall–Kier alpha value is -1.28. The van der Waals surface area contributed by atoms with Gasteiger partial charge in [-0.2, -0.15) is 5.26 Å². The Balaban J connectivity index is 1.74. The van der Waals surface area contributed by atoms with Crippen LogP contribution in [0.25, 0.3) is 0 Å². The molecule has 0 atom stereocenters. The van der Waals surface area contributed by atoms with E-state index in [1.165, 1.54) is 22.6 Å².